The number of carbonyl (C=O) groups excluding carboxylic acids is 1. The van der Waals surface area contributed by atoms with Crippen molar-refractivity contribution in [3.8, 4) is 0 Å². The SMILES string of the molecule is Nc1cccc([C@@H]2SCC(=O)N2c2cccc(F)c2)c1. The van der Waals surface area contributed by atoms with E-state index in [2.05, 4.69) is 0 Å². The fourth-order valence-corrected chi connectivity index (χ4v) is 3.46. The summed E-state index contributed by atoms with van der Waals surface area (Å²) in [4.78, 5) is 13.7. The fraction of sp³-hybridized carbons (Fsp3) is 0.133. The van der Waals surface area contributed by atoms with Crippen LogP contribution in [0.5, 0.6) is 0 Å². The van der Waals surface area contributed by atoms with E-state index in [1.165, 1.54) is 23.9 Å². The number of nitrogens with two attached hydrogens (primary N) is 1. The largest absolute Gasteiger partial charge is 0.399 e. The molecular formula is C15H13FN2OS. The molecule has 1 fully saturated rings. The highest BCUT2D eigenvalue weighted by Gasteiger charge is 2.34. The predicted molar refractivity (Wildman–Crippen MR) is 79.9 cm³/mol. The van der Waals surface area contributed by atoms with E-state index in [-0.39, 0.29) is 17.1 Å². The topological polar surface area (TPSA) is 46.3 Å². The van der Waals surface area contributed by atoms with Gasteiger partial charge in [-0.15, -0.1) is 11.8 Å². The first-order chi connectivity index (χ1) is 9.65. The predicted octanol–water partition coefficient (Wildman–Crippen LogP) is 3.19. The van der Waals surface area contributed by atoms with Gasteiger partial charge in [0.1, 0.15) is 11.2 Å². The Kier molecular flexibility index (Phi) is 3.36. The summed E-state index contributed by atoms with van der Waals surface area (Å²) in [5, 5.41) is -0.159. The van der Waals surface area contributed by atoms with E-state index >= 15 is 0 Å². The van der Waals surface area contributed by atoms with Crippen molar-refractivity contribution in [1.82, 2.24) is 0 Å². The molecule has 1 heterocycles. The number of hydrogen-bond acceptors (Lipinski definition) is 3. The Morgan fingerprint density at radius 2 is 2.00 bits per heavy atom. The Morgan fingerprint density at radius 1 is 1.20 bits per heavy atom. The number of amides is 1. The van der Waals surface area contributed by atoms with E-state index in [1.807, 2.05) is 18.2 Å². The number of anilines is 2. The minimum atomic E-state index is -0.349. The van der Waals surface area contributed by atoms with E-state index in [9.17, 15) is 9.18 Å². The number of nitrogen functional groups attached to an aromatic ring is 1. The molecule has 102 valence electrons. The molecule has 0 saturated carbocycles. The van der Waals surface area contributed by atoms with Gasteiger partial charge in [-0.2, -0.15) is 0 Å². The molecule has 3 rings (SSSR count). The third-order valence-electron chi connectivity index (χ3n) is 3.15. The minimum absolute atomic E-state index is 0.0203. The molecule has 20 heavy (non-hydrogen) atoms. The fourth-order valence-electron chi connectivity index (χ4n) is 2.29. The van der Waals surface area contributed by atoms with E-state index in [4.69, 9.17) is 5.73 Å². The second-order valence-electron chi connectivity index (χ2n) is 4.58. The normalized spacial score (nSPS) is 18.6. The number of hydrogen-bond donors (Lipinski definition) is 1. The Balaban J connectivity index is 2.01. The smallest absolute Gasteiger partial charge is 0.238 e. The average molecular weight is 288 g/mol. The first-order valence-electron chi connectivity index (χ1n) is 6.20. The summed E-state index contributed by atoms with van der Waals surface area (Å²) in [7, 11) is 0. The summed E-state index contributed by atoms with van der Waals surface area (Å²) < 4.78 is 13.4. The molecule has 0 unspecified atom stereocenters. The van der Waals surface area contributed by atoms with Crippen molar-refractivity contribution in [2.75, 3.05) is 16.4 Å². The Morgan fingerprint density at radius 3 is 2.75 bits per heavy atom. The quantitative estimate of drug-likeness (QED) is 0.863. The number of thioether (sulfide) groups is 1. The lowest BCUT2D eigenvalue weighted by atomic mass is 10.1. The monoisotopic (exact) mass is 288 g/mol. The van der Waals surface area contributed by atoms with Crippen LogP contribution in [0.2, 0.25) is 0 Å². The Bertz CT molecular complexity index is 662. The molecule has 5 heteroatoms. The van der Waals surface area contributed by atoms with Crippen LogP contribution in [0.3, 0.4) is 0 Å². The van der Waals surface area contributed by atoms with E-state index in [0.717, 1.165) is 5.56 Å². The van der Waals surface area contributed by atoms with Crippen molar-refractivity contribution >= 4 is 29.0 Å². The molecule has 1 atom stereocenters. The third kappa shape index (κ3) is 2.36. The summed E-state index contributed by atoms with van der Waals surface area (Å²) in [5.41, 5.74) is 7.98. The Labute approximate surface area is 120 Å². The maximum Gasteiger partial charge on any atom is 0.238 e. The molecule has 1 amide bonds. The zero-order valence-electron chi connectivity index (χ0n) is 10.6. The van der Waals surface area contributed by atoms with Crippen LogP contribution in [-0.4, -0.2) is 11.7 Å². The van der Waals surface area contributed by atoms with Gasteiger partial charge in [0.15, 0.2) is 0 Å². The van der Waals surface area contributed by atoms with Crippen molar-refractivity contribution in [3.05, 3.63) is 59.9 Å². The molecule has 2 aromatic rings. The molecule has 1 saturated heterocycles. The maximum absolute atomic E-state index is 13.4. The van der Waals surface area contributed by atoms with E-state index in [1.54, 1.807) is 23.1 Å². The molecule has 0 bridgehead atoms. The van der Waals surface area contributed by atoms with Crippen LogP contribution in [0.4, 0.5) is 15.8 Å². The zero-order valence-corrected chi connectivity index (χ0v) is 11.4. The number of rotatable bonds is 2. The van der Waals surface area contributed by atoms with Crippen LogP contribution < -0.4 is 10.6 Å². The average Bonchev–Trinajstić information content (AvgIpc) is 2.80. The summed E-state index contributed by atoms with van der Waals surface area (Å²) in [6, 6.07) is 13.5. The summed E-state index contributed by atoms with van der Waals surface area (Å²) in [6.07, 6.45) is 0. The number of nitrogens with zero attached hydrogens (tertiary/aromatic N) is 1. The lowest BCUT2D eigenvalue weighted by Gasteiger charge is -2.24. The first kappa shape index (κ1) is 13.0. The highest BCUT2D eigenvalue weighted by molar-refractivity contribution is 8.00. The maximum atomic E-state index is 13.4. The van der Waals surface area contributed by atoms with Crippen molar-refractivity contribution in [3.63, 3.8) is 0 Å². The van der Waals surface area contributed by atoms with Gasteiger partial charge in [-0.3, -0.25) is 9.69 Å². The molecule has 0 aromatic heterocycles. The molecule has 3 nitrogen and oxygen atoms in total. The van der Waals surface area contributed by atoms with E-state index in [0.29, 0.717) is 17.1 Å². The molecule has 0 radical (unpaired) electrons. The molecule has 0 spiro atoms. The van der Waals surface area contributed by atoms with Crippen molar-refractivity contribution < 1.29 is 9.18 Å². The van der Waals surface area contributed by atoms with Gasteiger partial charge in [-0.25, -0.2) is 4.39 Å². The highest BCUT2D eigenvalue weighted by Crippen LogP contribution is 2.42. The first-order valence-corrected chi connectivity index (χ1v) is 7.25. The van der Waals surface area contributed by atoms with Gasteiger partial charge in [0.2, 0.25) is 5.91 Å². The van der Waals surface area contributed by atoms with Crippen LogP contribution in [0.15, 0.2) is 48.5 Å². The second kappa shape index (κ2) is 5.17. The molecule has 1 aliphatic heterocycles. The number of benzene rings is 2. The molecule has 2 N–H and O–H groups in total. The standard InChI is InChI=1S/C15H13FN2OS/c16-11-4-2-6-13(8-11)18-14(19)9-20-15(18)10-3-1-5-12(17)7-10/h1-8,15H,9,17H2/t15-/m0/s1. The van der Waals surface area contributed by atoms with Crippen molar-refractivity contribution in [1.29, 1.82) is 0 Å². The van der Waals surface area contributed by atoms with Crippen LogP contribution in [0.1, 0.15) is 10.9 Å². The van der Waals surface area contributed by atoms with Gasteiger partial charge in [0, 0.05) is 11.4 Å². The zero-order chi connectivity index (χ0) is 14.1. The summed E-state index contributed by atoms with van der Waals surface area (Å²) in [5.74, 6) is 0.0160. The minimum Gasteiger partial charge on any atom is -0.399 e. The second-order valence-corrected chi connectivity index (χ2v) is 5.65. The lowest BCUT2D eigenvalue weighted by Crippen LogP contribution is -2.27. The van der Waals surface area contributed by atoms with Crippen LogP contribution in [0.25, 0.3) is 0 Å². The Hall–Kier alpha value is -2.01. The van der Waals surface area contributed by atoms with Gasteiger partial charge in [0.25, 0.3) is 0 Å². The van der Waals surface area contributed by atoms with Gasteiger partial charge in [-0.05, 0) is 35.9 Å². The van der Waals surface area contributed by atoms with Crippen LogP contribution in [-0.2, 0) is 4.79 Å². The molecule has 2 aromatic carbocycles. The van der Waals surface area contributed by atoms with Crippen molar-refractivity contribution in [2.45, 2.75) is 5.37 Å². The lowest BCUT2D eigenvalue weighted by molar-refractivity contribution is -0.115. The number of carbonyl (C=O) groups is 1. The van der Waals surface area contributed by atoms with Gasteiger partial charge >= 0.3 is 0 Å². The third-order valence-corrected chi connectivity index (χ3v) is 4.36. The van der Waals surface area contributed by atoms with Gasteiger partial charge < -0.3 is 5.73 Å². The van der Waals surface area contributed by atoms with Crippen LogP contribution >= 0.6 is 11.8 Å². The molecule has 1 aliphatic rings. The summed E-state index contributed by atoms with van der Waals surface area (Å²) in [6.45, 7) is 0. The number of halogens is 1. The highest BCUT2D eigenvalue weighted by atomic mass is 32.2. The van der Waals surface area contributed by atoms with Crippen molar-refractivity contribution in [2.24, 2.45) is 0 Å². The van der Waals surface area contributed by atoms with E-state index < -0.39 is 0 Å². The molecular weight excluding hydrogens is 275 g/mol. The van der Waals surface area contributed by atoms with Crippen LogP contribution in [0, 0.1) is 5.82 Å². The summed E-state index contributed by atoms with van der Waals surface area (Å²) >= 11 is 1.52. The van der Waals surface area contributed by atoms with Gasteiger partial charge in [-0.1, -0.05) is 18.2 Å². The molecule has 0 aliphatic carbocycles. The van der Waals surface area contributed by atoms with Gasteiger partial charge in [0.05, 0.1) is 5.75 Å².